The fourth-order valence-electron chi connectivity index (χ4n) is 6.57. The maximum atomic E-state index is 13.9. The molecule has 0 N–H and O–H groups in total. The van der Waals surface area contributed by atoms with Crippen molar-refractivity contribution in [3.8, 4) is 11.5 Å². The van der Waals surface area contributed by atoms with Gasteiger partial charge in [0, 0.05) is 57.9 Å². The third-order valence-electron chi connectivity index (χ3n) is 8.25. The molecule has 0 aromatic heterocycles. The summed E-state index contributed by atoms with van der Waals surface area (Å²) in [6.07, 6.45) is 2.45. The third kappa shape index (κ3) is 5.25. The predicted octanol–water partition coefficient (Wildman–Crippen LogP) is 8.40. The molecule has 2 aromatic carbocycles. The van der Waals surface area contributed by atoms with Crippen molar-refractivity contribution in [1.82, 2.24) is 4.90 Å². The Balaban J connectivity index is 1.65. The number of ether oxygens (including phenoxy) is 2. The number of halogens is 2. The Bertz CT molecular complexity index is 1400. The highest BCUT2D eigenvalue weighted by molar-refractivity contribution is 9.10. The van der Waals surface area contributed by atoms with Gasteiger partial charge in [0.2, 0.25) is 0 Å². The largest absolute Gasteiger partial charge is 0.493 e. The quantitative estimate of drug-likeness (QED) is 0.322. The summed E-state index contributed by atoms with van der Waals surface area (Å²) in [7, 11) is 1.58. The number of rotatable bonds is 6. The standard InChI is InChI=1S/C33H37BrClNO4/c1-7-36-23-14-32(2,3)16-25(37)29(23)28(30-24(36)15-33(4,5)17-26(30)38)20-12-22(35)31(27(13-20)39-6)40-18-19-10-8-9-11-21(19)34/h8-13,28H,7,14-18H2,1-6H3. The Hall–Kier alpha value is -2.57. The van der Waals surface area contributed by atoms with E-state index >= 15 is 0 Å². The molecule has 0 radical (unpaired) electrons. The molecule has 1 heterocycles. The van der Waals surface area contributed by atoms with Crippen LogP contribution in [0.1, 0.15) is 77.3 Å². The molecule has 2 aliphatic carbocycles. The SMILES string of the molecule is CCN1C2=C(C(=O)CC(C)(C)C2)C(c2cc(Cl)c(OCc3ccccc3Br)c(OC)c2)C2=C1CC(C)(C)CC2=O. The third-order valence-corrected chi connectivity index (χ3v) is 9.31. The van der Waals surface area contributed by atoms with Crippen molar-refractivity contribution in [3.05, 3.63) is 79.6 Å². The van der Waals surface area contributed by atoms with Crippen LogP contribution in [-0.2, 0) is 16.2 Å². The predicted molar refractivity (Wildman–Crippen MR) is 162 cm³/mol. The first kappa shape index (κ1) is 28.9. The van der Waals surface area contributed by atoms with Gasteiger partial charge in [0.25, 0.3) is 0 Å². The average Bonchev–Trinajstić information content (AvgIpc) is 2.86. The molecule has 212 valence electrons. The van der Waals surface area contributed by atoms with Crippen molar-refractivity contribution in [2.24, 2.45) is 10.8 Å². The van der Waals surface area contributed by atoms with Crippen LogP contribution in [0.3, 0.4) is 0 Å². The molecular weight excluding hydrogens is 590 g/mol. The van der Waals surface area contributed by atoms with Gasteiger partial charge in [0.1, 0.15) is 6.61 Å². The summed E-state index contributed by atoms with van der Waals surface area (Å²) in [4.78, 5) is 30.0. The number of hydrogen-bond acceptors (Lipinski definition) is 5. The second kappa shape index (κ2) is 10.7. The van der Waals surface area contributed by atoms with E-state index in [4.69, 9.17) is 21.1 Å². The second-order valence-corrected chi connectivity index (χ2v) is 14.0. The van der Waals surface area contributed by atoms with Crippen molar-refractivity contribution in [3.63, 3.8) is 0 Å². The summed E-state index contributed by atoms with van der Waals surface area (Å²) >= 11 is 10.4. The van der Waals surface area contributed by atoms with Gasteiger partial charge in [-0.25, -0.2) is 0 Å². The Morgan fingerprint density at radius 1 is 0.950 bits per heavy atom. The van der Waals surface area contributed by atoms with E-state index in [9.17, 15) is 9.59 Å². The molecule has 0 atom stereocenters. The van der Waals surface area contributed by atoms with Gasteiger partial charge >= 0.3 is 0 Å². The van der Waals surface area contributed by atoms with Crippen molar-refractivity contribution in [2.45, 2.75) is 72.8 Å². The van der Waals surface area contributed by atoms with E-state index in [0.29, 0.717) is 42.5 Å². The smallest absolute Gasteiger partial charge is 0.180 e. The zero-order valence-corrected chi connectivity index (χ0v) is 26.5. The molecule has 0 unspecified atom stereocenters. The normalized spacial score (nSPS) is 20.4. The van der Waals surface area contributed by atoms with Crippen LogP contribution in [0.4, 0.5) is 0 Å². The monoisotopic (exact) mass is 625 g/mol. The number of carbonyl (C=O) groups is 2. The van der Waals surface area contributed by atoms with E-state index in [1.165, 1.54) is 0 Å². The van der Waals surface area contributed by atoms with Crippen molar-refractivity contribution >= 4 is 39.1 Å². The fourth-order valence-corrected chi connectivity index (χ4v) is 7.25. The number of hydrogen-bond donors (Lipinski definition) is 0. The summed E-state index contributed by atoms with van der Waals surface area (Å²) in [6.45, 7) is 11.7. The Morgan fingerprint density at radius 3 is 2.05 bits per heavy atom. The first-order chi connectivity index (χ1) is 18.9. The highest BCUT2D eigenvalue weighted by Gasteiger charge is 2.48. The number of benzene rings is 2. The molecular formula is C33H37BrClNO4. The maximum absolute atomic E-state index is 13.9. The van der Waals surface area contributed by atoms with Gasteiger partial charge in [0.05, 0.1) is 12.1 Å². The molecule has 0 saturated heterocycles. The van der Waals surface area contributed by atoms with Gasteiger partial charge in [-0.05, 0) is 54.4 Å². The Kier molecular flexibility index (Phi) is 7.73. The van der Waals surface area contributed by atoms with Gasteiger partial charge in [-0.2, -0.15) is 0 Å². The van der Waals surface area contributed by atoms with E-state index in [-0.39, 0.29) is 22.4 Å². The second-order valence-electron chi connectivity index (χ2n) is 12.7. The van der Waals surface area contributed by atoms with Crippen LogP contribution < -0.4 is 9.47 Å². The van der Waals surface area contributed by atoms with Crippen molar-refractivity contribution in [1.29, 1.82) is 0 Å². The lowest BCUT2D eigenvalue weighted by Gasteiger charge is -2.49. The molecule has 0 saturated carbocycles. The van der Waals surface area contributed by atoms with E-state index in [1.807, 2.05) is 36.4 Å². The van der Waals surface area contributed by atoms with Gasteiger partial charge in [-0.3, -0.25) is 9.59 Å². The van der Waals surface area contributed by atoms with Crippen LogP contribution in [0.25, 0.3) is 0 Å². The minimum Gasteiger partial charge on any atom is -0.493 e. The lowest BCUT2D eigenvalue weighted by molar-refractivity contribution is -0.119. The van der Waals surface area contributed by atoms with E-state index in [1.54, 1.807) is 7.11 Å². The van der Waals surface area contributed by atoms with Gasteiger partial charge in [-0.15, -0.1) is 0 Å². The lowest BCUT2D eigenvalue weighted by Crippen LogP contribution is -2.44. The number of carbonyl (C=O) groups excluding carboxylic acids is 2. The van der Waals surface area contributed by atoms with Crippen LogP contribution in [0, 0.1) is 10.8 Å². The van der Waals surface area contributed by atoms with Crippen LogP contribution in [0.2, 0.25) is 5.02 Å². The molecule has 0 fully saturated rings. The van der Waals surface area contributed by atoms with Gasteiger partial charge in [-0.1, -0.05) is 73.4 Å². The summed E-state index contributed by atoms with van der Waals surface area (Å²) in [5, 5.41) is 0.385. The van der Waals surface area contributed by atoms with Crippen LogP contribution in [-0.4, -0.2) is 30.1 Å². The lowest BCUT2D eigenvalue weighted by atomic mass is 9.63. The number of methoxy groups -OCH3 is 1. The Labute approximate surface area is 250 Å². The zero-order valence-electron chi connectivity index (χ0n) is 24.1. The minimum atomic E-state index is -0.483. The molecule has 40 heavy (non-hydrogen) atoms. The Morgan fingerprint density at radius 2 is 1.52 bits per heavy atom. The van der Waals surface area contributed by atoms with Gasteiger partial charge < -0.3 is 14.4 Å². The number of allylic oxidation sites excluding steroid dienone is 4. The fraction of sp³-hybridized carbons (Fsp3) is 0.455. The number of Topliss-reactive ketones (excluding diaryl/α,β-unsaturated/α-hetero) is 2. The highest BCUT2D eigenvalue weighted by atomic mass is 79.9. The van der Waals surface area contributed by atoms with Gasteiger partial charge in [0.15, 0.2) is 23.1 Å². The highest BCUT2D eigenvalue weighted by Crippen LogP contribution is 2.55. The molecule has 3 aliphatic rings. The molecule has 0 amide bonds. The summed E-state index contributed by atoms with van der Waals surface area (Å²) in [5.74, 6) is 0.629. The van der Waals surface area contributed by atoms with Crippen LogP contribution in [0.5, 0.6) is 11.5 Å². The number of nitrogens with zero attached hydrogens (tertiary/aromatic N) is 1. The summed E-state index contributed by atoms with van der Waals surface area (Å²) in [6, 6.07) is 11.6. The number of ketones is 2. The van der Waals surface area contributed by atoms with Crippen LogP contribution in [0.15, 0.2) is 63.4 Å². The molecule has 7 heteroatoms. The molecule has 2 aromatic rings. The maximum Gasteiger partial charge on any atom is 0.180 e. The van der Waals surface area contributed by atoms with E-state index in [2.05, 4.69) is 55.4 Å². The summed E-state index contributed by atoms with van der Waals surface area (Å²) in [5.41, 5.74) is 5.00. The van der Waals surface area contributed by atoms with E-state index in [0.717, 1.165) is 51.0 Å². The first-order valence-corrected chi connectivity index (χ1v) is 15.1. The average molecular weight is 627 g/mol. The first-order valence-electron chi connectivity index (χ1n) is 13.9. The topological polar surface area (TPSA) is 55.8 Å². The molecule has 5 rings (SSSR count). The van der Waals surface area contributed by atoms with Crippen molar-refractivity contribution in [2.75, 3.05) is 13.7 Å². The van der Waals surface area contributed by atoms with Crippen LogP contribution >= 0.6 is 27.5 Å². The molecule has 1 aliphatic heterocycles. The summed E-state index contributed by atoms with van der Waals surface area (Å²) < 4.78 is 12.9. The molecule has 0 bridgehead atoms. The van der Waals surface area contributed by atoms with E-state index < -0.39 is 5.92 Å². The minimum absolute atomic E-state index is 0.100. The zero-order chi connectivity index (χ0) is 29.0. The molecule has 0 spiro atoms. The van der Waals surface area contributed by atoms with Crippen molar-refractivity contribution < 1.29 is 19.1 Å². The molecule has 5 nitrogen and oxygen atoms in total.